The summed E-state index contributed by atoms with van der Waals surface area (Å²) < 4.78 is 12.1. The summed E-state index contributed by atoms with van der Waals surface area (Å²) in [5, 5.41) is 17.9. The molecule has 1 aromatic carbocycles. The third-order valence-corrected chi connectivity index (χ3v) is 14.9. The number of amides is 1. The number of thioether (sulfide) groups is 1. The minimum absolute atomic E-state index is 0.0192. The van der Waals surface area contributed by atoms with Gasteiger partial charge in [-0.1, -0.05) is 50.8 Å². The van der Waals surface area contributed by atoms with E-state index in [-0.39, 0.29) is 30.3 Å². The summed E-state index contributed by atoms with van der Waals surface area (Å²) >= 11 is 1.81. The molecule has 278 valence electrons. The van der Waals surface area contributed by atoms with Crippen molar-refractivity contribution in [3.63, 3.8) is 0 Å². The molecule has 0 bridgehead atoms. The summed E-state index contributed by atoms with van der Waals surface area (Å²) in [7, 11) is 3.91. The van der Waals surface area contributed by atoms with Crippen LogP contribution in [0.5, 0.6) is 5.75 Å². The quantitative estimate of drug-likeness (QED) is 0.363. The largest absolute Gasteiger partial charge is 0.496 e. The van der Waals surface area contributed by atoms with Gasteiger partial charge in [-0.3, -0.25) is 25.1 Å². The Morgan fingerprint density at radius 1 is 1.10 bits per heavy atom. The van der Waals surface area contributed by atoms with Gasteiger partial charge in [-0.25, -0.2) is 0 Å². The molecule has 4 heterocycles. The standard InChI is InChI=1S/C40H58N6O4S/c1-4-35(47)46-23-22-45(25-30(46)18-20-41)40(29-13-8-6-5-7-9-14-29)33-17-19-39(24-28-12-10-16-34(49-3)32(28)27-51-39)37(48)36(33)42-38(43-40)50-26-31-15-11-21-44(31)2/h4,10,12,16,29-31,33,36,38,42-43H,1,5-9,11,13-15,17-19,21-27H2,2-3H3/t30?,31?,33?,36?,38?,39-,40?/m1/s1. The predicted octanol–water partition coefficient (Wildman–Crippen LogP) is 4.83. The number of nitrogens with zero attached hydrogens (tertiary/aromatic N) is 4. The fourth-order valence-corrected chi connectivity index (χ4v) is 12.2. The fourth-order valence-electron chi connectivity index (χ4n) is 10.6. The maximum atomic E-state index is 15.4. The van der Waals surface area contributed by atoms with Gasteiger partial charge in [0, 0.05) is 42.9 Å². The minimum Gasteiger partial charge on any atom is -0.496 e. The van der Waals surface area contributed by atoms with E-state index in [1.54, 1.807) is 7.11 Å². The van der Waals surface area contributed by atoms with Crippen molar-refractivity contribution in [2.24, 2.45) is 11.8 Å². The van der Waals surface area contributed by atoms with Crippen LogP contribution in [0.15, 0.2) is 30.9 Å². The van der Waals surface area contributed by atoms with Crippen LogP contribution in [0, 0.1) is 23.2 Å². The van der Waals surface area contributed by atoms with Crippen LogP contribution in [-0.2, 0) is 26.5 Å². The molecule has 2 aliphatic carbocycles. The smallest absolute Gasteiger partial charge is 0.246 e. The molecular weight excluding hydrogens is 661 g/mol. The average Bonchev–Trinajstić information content (AvgIpc) is 3.55. The molecule has 3 saturated heterocycles. The van der Waals surface area contributed by atoms with E-state index in [2.05, 4.69) is 52.3 Å². The molecule has 1 spiro atoms. The molecule has 5 fully saturated rings. The summed E-state index contributed by atoms with van der Waals surface area (Å²) in [5.74, 6) is 2.18. The summed E-state index contributed by atoms with van der Waals surface area (Å²) in [4.78, 5) is 35.2. The van der Waals surface area contributed by atoms with Crippen LogP contribution in [0.4, 0.5) is 0 Å². The second-order valence-corrected chi connectivity index (χ2v) is 17.3. The first-order valence-electron chi connectivity index (χ1n) is 19.6. The van der Waals surface area contributed by atoms with Crippen molar-refractivity contribution < 1.29 is 19.1 Å². The van der Waals surface area contributed by atoms with Crippen LogP contribution in [0.3, 0.4) is 0 Å². The van der Waals surface area contributed by atoms with Gasteiger partial charge in [0.2, 0.25) is 5.91 Å². The topological polar surface area (TPSA) is 110 Å². The molecule has 51 heavy (non-hydrogen) atoms. The van der Waals surface area contributed by atoms with E-state index in [1.165, 1.54) is 55.7 Å². The predicted molar refractivity (Wildman–Crippen MR) is 200 cm³/mol. The number of hydrogen-bond acceptors (Lipinski definition) is 10. The fraction of sp³-hybridized carbons (Fsp3) is 0.725. The number of methoxy groups -OCH3 is 1. The minimum atomic E-state index is -0.520. The van der Waals surface area contributed by atoms with E-state index < -0.39 is 16.8 Å². The number of Topliss-reactive ketones (excluding diaryl/α,β-unsaturated/α-hetero) is 1. The normalized spacial score (nSPS) is 35.4. The molecule has 11 heteroatoms. The Morgan fingerprint density at radius 2 is 1.90 bits per heavy atom. The van der Waals surface area contributed by atoms with E-state index in [0.717, 1.165) is 50.2 Å². The van der Waals surface area contributed by atoms with Crippen molar-refractivity contribution in [1.82, 2.24) is 25.3 Å². The lowest BCUT2D eigenvalue weighted by atomic mass is 9.62. The van der Waals surface area contributed by atoms with E-state index >= 15 is 4.79 Å². The van der Waals surface area contributed by atoms with E-state index in [1.807, 2.05) is 22.7 Å². The zero-order valence-corrected chi connectivity index (χ0v) is 31.6. The number of benzene rings is 1. The maximum Gasteiger partial charge on any atom is 0.246 e. The number of nitriles is 1. The lowest BCUT2D eigenvalue weighted by Gasteiger charge is -2.64. The number of nitrogens with one attached hydrogen (secondary N) is 2. The van der Waals surface area contributed by atoms with Gasteiger partial charge in [-0.15, -0.1) is 11.8 Å². The van der Waals surface area contributed by atoms with Crippen molar-refractivity contribution in [1.29, 1.82) is 5.26 Å². The van der Waals surface area contributed by atoms with Gasteiger partial charge in [0.25, 0.3) is 0 Å². The molecular formula is C40H58N6O4S. The van der Waals surface area contributed by atoms with Crippen LogP contribution < -0.4 is 15.4 Å². The second-order valence-electron chi connectivity index (χ2n) is 15.9. The molecule has 0 radical (unpaired) electrons. The summed E-state index contributed by atoms with van der Waals surface area (Å²) in [6.07, 6.45) is 14.1. The number of rotatable bonds is 8. The number of piperazine rings is 1. The van der Waals surface area contributed by atoms with Gasteiger partial charge in [-0.2, -0.15) is 5.26 Å². The lowest BCUT2D eigenvalue weighted by Crippen LogP contribution is -2.83. The number of ketones is 1. The molecule has 6 unspecified atom stereocenters. The summed E-state index contributed by atoms with van der Waals surface area (Å²) in [5.41, 5.74) is 1.92. The Balaban J connectivity index is 1.27. The highest BCUT2D eigenvalue weighted by atomic mass is 32.2. The van der Waals surface area contributed by atoms with Crippen molar-refractivity contribution in [2.45, 2.75) is 124 Å². The van der Waals surface area contributed by atoms with Gasteiger partial charge in [0.05, 0.1) is 48.7 Å². The molecule has 0 aromatic heterocycles. The molecule has 1 amide bonds. The highest BCUT2D eigenvalue weighted by Gasteiger charge is 2.63. The first kappa shape index (κ1) is 36.9. The van der Waals surface area contributed by atoms with Crippen molar-refractivity contribution in [3.8, 4) is 11.8 Å². The van der Waals surface area contributed by atoms with Crippen LogP contribution >= 0.6 is 11.8 Å². The molecule has 10 nitrogen and oxygen atoms in total. The molecule has 2 saturated carbocycles. The highest BCUT2D eigenvalue weighted by Crippen LogP contribution is 2.54. The number of ether oxygens (including phenoxy) is 2. The van der Waals surface area contributed by atoms with Gasteiger partial charge in [-0.05, 0) is 82.2 Å². The third-order valence-electron chi connectivity index (χ3n) is 13.3. The number of likely N-dealkylation sites (tertiary alicyclic amines) is 1. The van der Waals surface area contributed by atoms with E-state index in [9.17, 15) is 10.1 Å². The number of likely N-dealkylation sites (N-methyl/N-ethyl adjacent to an activating group) is 1. The number of hydrogen-bond donors (Lipinski definition) is 2. The zero-order chi connectivity index (χ0) is 35.6. The second kappa shape index (κ2) is 15.9. The Kier molecular flexibility index (Phi) is 11.5. The monoisotopic (exact) mass is 718 g/mol. The molecule has 7 atom stereocenters. The van der Waals surface area contributed by atoms with Crippen LogP contribution in [0.25, 0.3) is 0 Å². The number of fused-ring (bicyclic) bond motifs is 2. The van der Waals surface area contributed by atoms with Gasteiger partial charge >= 0.3 is 0 Å². The van der Waals surface area contributed by atoms with Crippen molar-refractivity contribution in [3.05, 3.63) is 42.0 Å². The number of carbonyl (C=O) groups excluding carboxylic acids is 2. The van der Waals surface area contributed by atoms with Crippen molar-refractivity contribution >= 4 is 23.5 Å². The molecule has 7 rings (SSSR count). The Labute approximate surface area is 309 Å². The van der Waals surface area contributed by atoms with Crippen molar-refractivity contribution in [2.75, 3.05) is 46.9 Å². The highest BCUT2D eigenvalue weighted by molar-refractivity contribution is 8.00. The maximum absolute atomic E-state index is 15.4. The molecule has 2 N–H and O–H groups in total. The van der Waals surface area contributed by atoms with Gasteiger partial charge in [0.15, 0.2) is 12.1 Å². The average molecular weight is 719 g/mol. The third kappa shape index (κ3) is 7.02. The SMILES string of the molecule is C=CC(=O)N1CCN(C2(C3CCCCCCC3)NC(OCC3CCCN3C)NC3C(=O)[C@@]4(CCC32)Cc2cccc(OC)c2CS4)CC1CC#N. The Bertz CT molecular complexity index is 1480. The first-order chi connectivity index (χ1) is 24.8. The van der Waals surface area contributed by atoms with Crippen LogP contribution in [-0.4, -0.2) is 108 Å². The van der Waals surface area contributed by atoms with E-state index in [0.29, 0.717) is 50.4 Å². The van der Waals surface area contributed by atoms with E-state index in [4.69, 9.17) is 9.47 Å². The first-order valence-corrected chi connectivity index (χ1v) is 20.6. The summed E-state index contributed by atoms with van der Waals surface area (Å²) in [6, 6.07) is 8.37. The van der Waals surface area contributed by atoms with Gasteiger partial charge in [0.1, 0.15) is 5.75 Å². The molecule has 6 aliphatic rings. The molecule has 1 aromatic rings. The van der Waals surface area contributed by atoms with Crippen LogP contribution in [0.1, 0.15) is 88.2 Å². The van der Waals surface area contributed by atoms with Crippen LogP contribution in [0.2, 0.25) is 0 Å². The Morgan fingerprint density at radius 3 is 2.63 bits per heavy atom. The number of carbonyl (C=O) groups is 2. The Hall–Kier alpha value is -2.46. The summed E-state index contributed by atoms with van der Waals surface area (Å²) in [6.45, 7) is 7.23. The molecule has 4 aliphatic heterocycles. The zero-order valence-electron chi connectivity index (χ0n) is 30.7. The lowest BCUT2D eigenvalue weighted by molar-refractivity contribution is -0.184. The van der Waals surface area contributed by atoms with Gasteiger partial charge < -0.3 is 19.3 Å².